The minimum absolute atomic E-state index is 0.563. The van der Waals surface area contributed by atoms with Crippen molar-refractivity contribution in [3.8, 4) is 0 Å². The van der Waals surface area contributed by atoms with Gasteiger partial charge in [-0.2, -0.15) is 0 Å². The van der Waals surface area contributed by atoms with Gasteiger partial charge in [-0.15, -0.1) is 0 Å². The van der Waals surface area contributed by atoms with Crippen molar-refractivity contribution in [3.63, 3.8) is 0 Å². The Bertz CT molecular complexity index is 1260. The van der Waals surface area contributed by atoms with Gasteiger partial charge in [-0.05, 0) is 16.8 Å². The van der Waals surface area contributed by atoms with E-state index in [-0.39, 0.29) is 0 Å². The third kappa shape index (κ3) is 2.99. The predicted molar refractivity (Wildman–Crippen MR) is 121 cm³/mol. The van der Waals surface area contributed by atoms with Crippen LogP contribution in [0.1, 0.15) is 5.56 Å². The molecule has 0 radical (unpaired) electrons. The topological polar surface area (TPSA) is 38.7 Å². The third-order valence-electron chi connectivity index (χ3n) is 5.28. The molecule has 1 aliphatic heterocycles. The van der Waals surface area contributed by atoms with Crippen LogP contribution in [0, 0.1) is 0 Å². The molecule has 1 heterocycles. The first-order chi connectivity index (χ1) is 14.3. The fourth-order valence-electron chi connectivity index (χ4n) is 3.96. The van der Waals surface area contributed by atoms with Crippen molar-refractivity contribution >= 4 is 39.7 Å². The Balaban J connectivity index is 1.86. The quantitative estimate of drug-likeness (QED) is 0.483. The summed E-state index contributed by atoms with van der Waals surface area (Å²) in [6, 6.07) is 31.7. The van der Waals surface area contributed by atoms with Crippen molar-refractivity contribution in [3.05, 3.63) is 103 Å². The first-order valence-electron chi connectivity index (χ1n) is 9.70. The number of rotatable bonds is 4. The van der Waals surface area contributed by atoms with Crippen molar-refractivity contribution in [2.45, 2.75) is 0 Å². The van der Waals surface area contributed by atoms with E-state index in [1.165, 1.54) is 0 Å². The van der Waals surface area contributed by atoms with Crippen LogP contribution in [0.4, 0.5) is 0 Å². The third-order valence-corrected chi connectivity index (χ3v) is 8.45. The van der Waals surface area contributed by atoms with E-state index >= 15 is 4.57 Å². The second kappa shape index (κ2) is 7.35. The maximum Gasteiger partial charge on any atom is 0.217 e. The normalized spacial score (nSPS) is 15.5. The van der Waals surface area contributed by atoms with Crippen molar-refractivity contribution in [2.24, 2.45) is 4.99 Å². The lowest BCUT2D eigenvalue weighted by Crippen LogP contribution is -2.29. The van der Waals surface area contributed by atoms with Crippen LogP contribution < -0.4 is 15.9 Å². The van der Waals surface area contributed by atoms with E-state index in [9.17, 15) is 0 Å². The molecular weight excluding hydrogens is 377 g/mol. The molecule has 0 saturated heterocycles. The largest absolute Gasteiger partial charge is 0.475 e. The zero-order valence-electron chi connectivity index (χ0n) is 15.9. The molecule has 0 N–H and O–H groups in total. The SMILES string of the molecule is O=P(c1ccccc1)(c1ccccc1C1=NCCO1)c1cccc2ccccc12. The van der Waals surface area contributed by atoms with Crippen LogP contribution in [0.2, 0.25) is 0 Å². The lowest BCUT2D eigenvalue weighted by atomic mass is 10.1. The van der Waals surface area contributed by atoms with Gasteiger partial charge in [0.1, 0.15) is 6.61 Å². The van der Waals surface area contributed by atoms with Crippen molar-refractivity contribution in [1.29, 1.82) is 0 Å². The lowest BCUT2D eigenvalue weighted by molar-refractivity contribution is 0.348. The predicted octanol–water partition coefficient (Wildman–Crippen LogP) is 4.26. The summed E-state index contributed by atoms with van der Waals surface area (Å²) in [6.07, 6.45) is 0. The standard InChI is InChI=1S/C25H20NO2P/c27-29(20-11-2-1-3-12-20,23-16-8-10-19-9-4-5-13-21(19)23)24-15-7-6-14-22(24)25-26-17-18-28-25/h1-16H,17-18H2. The number of aliphatic imine (C=N–C) groups is 1. The van der Waals surface area contributed by atoms with Crippen molar-refractivity contribution in [1.82, 2.24) is 0 Å². The van der Waals surface area contributed by atoms with E-state index in [0.29, 0.717) is 19.0 Å². The summed E-state index contributed by atoms with van der Waals surface area (Å²) in [5.41, 5.74) is 0.810. The van der Waals surface area contributed by atoms with Crippen LogP contribution in [-0.2, 0) is 9.30 Å². The molecule has 4 heteroatoms. The minimum atomic E-state index is -3.17. The van der Waals surface area contributed by atoms with Gasteiger partial charge in [0.15, 0.2) is 7.14 Å². The van der Waals surface area contributed by atoms with Crippen LogP contribution in [0.3, 0.4) is 0 Å². The monoisotopic (exact) mass is 397 g/mol. The zero-order valence-corrected chi connectivity index (χ0v) is 16.8. The molecule has 0 amide bonds. The van der Waals surface area contributed by atoms with Crippen molar-refractivity contribution in [2.75, 3.05) is 13.2 Å². The zero-order chi connectivity index (χ0) is 19.7. The van der Waals surface area contributed by atoms with Crippen LogP contribution >= 0.6 is 7.14 Å². The summed E-state index contributed by atoms with van der Waals surface area (Å²) in [7, 11) is -3.17. The molecule has 5 rings (SSSR count). The van der Waals surface area contributed by atoms with Gasteiger partial charge < -0.3 is 9.30 Å². The second-order valence-corrected chi connectivity index (χ2v) is 9.69. The van der Waals surface area contributed by atoms with Crippen molar-refractivity contribution < 1.29 is 9.30 Å². The van der Waals surface area contributed by atoms with Gasteiger partial charge in [-0.25, -0.2) is 4.99 Å². The summed E-state index contributed by atoms with van der Waals surface area (Å²) >= 11 is 0. The van der Waals surface area contributed by atoms with Gasteiger partial charge in [-0.3, -0.25) is 0 Å². The number of hydrogen-bond donors (Lipinski definition) is 0. The van der Waals surface area contributed by atoms with E-state index in [4.69, 9.17) is 4.74 Å². The smallest absolute Gasteiger partial charge is 0.217 e. The number of ether oxygens (including phenoxy) is 1. The molecule has 3 nitrogen and oxygen atoms in total. The van der Waals surface area contributed by atoms with Gasteiger partial charge in [0, 0.05) is 21.5 Å². The molecule has 4 aromatic rings. The van der Waals surface area contributed by atoms with Crippen LogP contribution in [-0.4, -0.2) is 19.0 Å². The number of fused-ring (bicyclic) bond motifs is 1. The Morgan fingerprint density at radius 1 is 0.724 bits per heavy atom. The lowest BCUT2D eigenvalue weighted by Gasteiger charge is -2.24. The Morgan fingerprint density at radius 2 is 1.41 bits per heavy atom. The summed E-state index contributed by atoms with van der Waals surface area (Å²) < 4.78 is 20.9. The van der Waals surface area contributed by atoms with E-state index in [0.717, 1.165) is 32.2 Å². The van der Waals surface area contributed by atoms with Gasteiger partial charge in [0.2, 0.25) is 5.90 Å². The summed E-state index contributed by atoms with van der Waals surface area (Å²) in [4.78, 5) is 4.50. The van der Waals surface area contributed by atoms with Gasteiger partial charge in [0.25, 0.3) is 0 Å². The van der Waals surface area contributed by atoms with E-state index in [1.807, 2.05) is 84.9 Å². The molecule has 0 aromatic heterocycles. The average molecular weight is 397 g/mol. The van der Waals surface area contributed by atoms with Gasteiger partial charge in [-0.1, -0.05) is 91.0 Å². The fraction of sp³-hybridized carbons (Fsp3) is 0.0800. The second-order valence-electron chi connectivity index (χ2n) is 7.00. The molecule has 0 spiro atoms. The fourth-order valence-corrected chi connectivity index (χ4v) is 7.01. The molecule has 1 unspecified atom stereocenters. The molecule has 142 valence electrons. The molecule has 0 saturated carbocycles. The molecule has 29 heavy (non-hydrogen) atoms. The highest BCUT2D eigenvalue weighted by Crippen LogP contribution is 2.45. The molecule has 1 atom stereocenters. The van der Waals surface area contributed by atoms with Crippen LogP contribution in [0.15, 0.2) is 102 Å². The molecule has 4 aromatic carbocycles. The maximum atomic E-state index is 15.1. The summed E-state index contributed by atoms with van der Waals surface area (Å²) in [5.74, 6) is 0.581. The highest BCUT2D eigenvalue weighted by Gasteiger charge is 2.34. The molecule has 0 bridgehead atoms. The number of hydrogen-bond acceptors (Lipinski definition) is 3. The van der Waals surface area contributed by atoms with E-state index in [2.05, 4.69) is 17.1 Å². The van der Waals surface area contributed by atoms with Gasteiger partial charge >= 0.3 is 0 Å². The Morgan fingerprint density at radius 3 is 2.24 bits per heavy atom. The summed E-state index contributed by atoms with van der Waals surface area (Å²) in [5, 5.41) is 4.50. The first-order valence-corrected chi connectivity index (χ1v) is 11.4. The van der Waals surface area contributed by atoms with Crippen LogP contribution in [0.5, 0.6) is 0 Å². The maximum absolute atomic E-state index is 15.1. The Hall–Kier alpha value is -3.16. The number of nitrogens with zero attached hydrogens (tertiary/aromatic N) is 1. The first kappa shape index (κ1) is 17.9. The summed E-state index contributed by atoms with van der Waals surface area (Å²) in [6.45, 7) is 1.20. The highest BCUT2D eigenvalue weighted by atomic mass is 31.2. The average Bonchev–Trinajstić information content (AvgIpc) is 3.34. The Kier molecular flexibility index (Phi) is 4.54. The van der Waals surface area contributed by atoms with Crippen LogP contribution in [0.25, 0.3) is 10.8 Å². The van der Waals surface area contributed by atoms with Gasteiger partial charge in [0.05, 0.1) is 6.54 Å². The molecule has 1 aliphatic rings. The molecular formula is C25H20NO2P. The highest BCUT2D eigenvalue weighted by molar-refractivity contribution is 7.85. The number of benzene rings is 4. The Labute approximate surface area is 170 Å². The minimum Gasteiger partial charge on any atom is -0.475 e. The van der Waals surface area contributed by atoms with E-state index in [1.54, 1.807) is 0 Å². The molecule has 0 aliphatic carbocycles. The molecule has 0 fully saturated rings. The van der Waals surface area contributed by atoms with E-state index < -0.39 is 7.14 Å².